The molecule has 0 fully saturated rings. The second kappa shape index (κ2) is 6.78. The fourth-order valence-corrected chi connectivity index (χ4v) is 0.810. The Bertz CT molecular complexity index is 264. The van der Waals surface area contributed by atoms with Crippen LogP contribution in [0.25, 0.3) is 0 Å². The van der Waals surface area contributed by atoms with Gasteiger partial charge in [-0.2, -0.15) is 0 Å². The molecule has 80 valence electrons. The molecule has 0 amide bonds. The first-order valence-corrected chi connectivity index (χ1v) is 3.61. The van der Waals surface area contributed by atoms with E-state index in [2.05, 4.69) is 0 Å². The van der Waals surface area contributed by atoms with Gasteiger partial charge in [-0.15, -0.1) is 0 Å². The molecule has 0 aliphatic rings. The molecule has 0 aromatic heterocycles. The summed E-state index contributed by atoms with van der Waals surface area (Å²) in [5.41, 5.74) is -2.72. The van der Waals surface area contributed by atoms with Crippen molar-refractivity contribution in [2.45, 2.75) is 24.9 Å². The van der Waals surface area contributed by atoms with Crippen molar-refractivity contribution in [3.63, 3.8) is 0 Å². The van der Waals surface area contributed by atoms with E-state index in [1.54, 1.807) is 0 Å². The SMILES string of the molecule is O=C([O-])CCC(O)(CC(=O)[O-])C(=O)[O-].[Na+]. The molecule has 0 saturated heterocycles. The van der Waals surface area contributed by atoms with Crippen molar-refractivity contribution in [1.82, 2.24) is 0 Å². The first-order valence-electron chi connectivity index (χ1n) is 3.61. The Hall–Kier alpha value is -0.630. The van der Waals surface area contributed by atoms with Crippen molar-refractivity contribution in [1.29, 1.82) is 0 Å². The molecule has 0 bridgehead atoms. The molecule has 8 heteroatoms. The van der Waals surface area contributed by atoms with E-state index < -0.39 is 42.8 Å². The quantitative estimate of drug-likeness (QED) is 0.443. The van der Waals surface area contributed by atoms with E-state index in [9.17, 15) is 29.7 Å². The Morgan fingerprint density at radius 1 is 1.07 bits per heavy atom. The van der Waals surface area contributed by atoms with Crippen LogP contribution in [0.3, 0.4) is 0 Å². The number of aliphatic carboxylic acids is 3. The first kappa shape index (κ1) is 16.8. The summed E-state index contributed by atoms with van der Waals surface area (Å²) >= 11 is 0. The molecule has 1 unspecified atom stereocenters. The molecule has 7 nitrogen and oxygen atoms in total. The number of carbonyl (C=O) groups is 3. The van der Waals surface area contributed by atoms with Crippen molar-refractivity contribution >= 4 is 17.9 Å². The summed E-state index contributed by atoms with van der Waals surface area (Å²) in [6.07, 6.45) is -2.80. The minimum atomic E-state index is -2.72. The number of hydrogen-bond acceptors (Lipinski definition) is 7. The van der Waals surface area contributed by atoms with Crippen molar-refractivity contribution in [2.24, 2.45) is 0 Å². The number of hydrogen-bond donors (Lipinski definition) is 1. The molecule has 0 spiro atoms. The Morgan fingerprint density at radius 3 is 1.80 bits per heavy atom. The molecular weight excluding hydrogens is 219 g/mol. The minimum Gasteiger partial charge on any atom is -0.550 e. The molecule has 0 aromatic carbocycles. The zero-order valence-electron chi connectivity index (χ0n) is 8.02. The number of aliphatic hydroxyl groups is 1. The number of carbonyl (C=O) groups excluding carboxylic acids is 3. The third-order valence-corrected chi connectivity index (χ3v) is 1.56. The van der Waals surface area contributed by atoms with Gasteiger partial charge in [-0.3, -0.25) is 0 Å². The van der Waals surface area contributed by atoms with E-state index in [1.807, 2.05) is 0 Å². The van der Waals surface area contributed by atoms with E-state index in [4.69, 9.17) is 5.11 Å². The average molecular weight is 226 g/mol. The van der Waals surface area contributed by atoms with Gasteiger partial charge in [0.15, 0.2) is 0 Å². The van der Waals surface area contributed by atoms with Crippen LogP contribution in [0.15, 0.2) is 0 Å². The maximum Gasteiger partial charge on any atom is 1.00 e. The van der Waals surface area contributed by atoms with Crippen LogP contribution < -0.4 is 44.9 Å². The maximum atomic E-state index is 10.3. The molecule has 0 aliphatic carbocycles. The third kappa shape index (κ3) is 6.45. The number of carboxylic acid groups (broad SMARTS) is 3. The fraction of sp³-hybridized carbons (Fsp3) is 0.571. The molecule has 0 radical (unpaired) electrons. The Kier molecular flexibility index (Phi) is 7.59. The maximum absolute atomic E-state index is 10.3. The van der Waals surface area contributed by atoms with Crippen molar-refractivity contribution < 1.29 is 64.4 Å². The van der Waals surface area contributed by atoms with Crippen molar-refractivity contribution in [2.75, 3.05) is 0 Å². The van der Waals surface area contributed by atoms with Gasteiger partial charge in [0.2, 0.25) is 0 Å². The van der Waals surface area contributed by atoms with Gasteiger partial charge in [-0.05, 0) is 12.8 Å². The van der Waals surface area contributed by atoms with E-state index in [0.717, 1.165) is 0 Å². The zero-order chi connectivity index (χ0) is 11.4. The van der Waals surface area contributed by atoms with Crippen LogP contribution in [-0.4, -0.2) is 28.6 Å². The smallest absolute Gasteiger partial charge is 0.550 e. The zero-order valence-corrected chi connectivity index (χ0v) is 10.0. The molecule has 0 aliphatic heterocycles. The number of rotatable bonds is 6. The van der Waals surface area contributed by atoms with Crippen LogP contribution in [-0.2, 0) is 14.4 Å². The van der Waals surface area contributed by atoms with Gasteiger partial charge in [-0.1, -0.05) is 0 Å². The monoisotopic (exact) mass is 226 g/mol. The summed E-state index contributed by atoms with van der Waals surface area (Å²) in [6, 6.07) is 0. The molecule has 1 N–H and O–H groups in total. The normalized spacial score (nSPS) is 13.4. The second-order valence-electron chi connectivity index (χ2n) is 2.74. The first-order chi connectivity index (χ1) is 6.28. The summed E-state index contributed by atoms with van der Waals surface area (Å²) in [7, 11) is 0. The average Bonchev–Trinajstić information content (AvgIpc) is 1.99. The van der Waals surface area contributed by atoms with Gasteiger partial charge >= 0.3 is 29.6 Å². The molecular formula is C7H7NaO7-2. The summed E-state index contributed by atoms with van der Waals surface area (Å²) in [5.74, 6) is -5.46. The molecule has 0 heterocycles. The summed E-state index contributed by atoms with van der Waals surface area (Å²) in [6.45, 7) is 0. The van der Waals surface area contributed by atoms with Gasteiger partial charge in [0, 0.05) is 18.4 Å². The van der Waals surface area contributed by atoms with E-state index in [1.165, 1.54) is 0 Å². The Balaban J connectivity index is 0. The van der Waals surface area contributed by atoms with Gasteiger partial charge < -0.3 is 34.8 Å². The van der Waals surface area contributed by atoms with Crippen LogP contribution in [0, 0.1) is 0 Å². The summed E-state index contributed by atoms with van der Waals surface area (Å²) in [5, 5.41) is 39.4. The molecule has 0 saturated carbocycles. The molecule has 0 rings (SSSR count). The Morgan fingerprint density at radius 2 is 1.53 bits per heavy atom. The van der Waals surface area contributed by atoms with Crippen molar-refractivity contribution in [3.05, 3.63) is 0 Å². The summed E-state index contributed by atoms with van der Waals surface area (Å²) < 4.78 is 0. The largest absolute Gasteiger partial charge is 1.00 e. The van der Waals surface area contributed by atoms with Gasteiger partial charge in [0.1, 0.15) is 5.60 Å². The van der Waals surface area contributed by atoms with Gasteiger partial charge in [-0.25, -0.2) is 0 Å². The van der Waals surface area contributed by atoms with E-state index >= 15 is 0 Å². The third-order valence-electron chi connectivity index (χ3n) is 1.56. The second-order valence-corrected chi connectivity index (χ2v) is 2.74. The Labute approximate surface area is 107 Å². The van der Waals surface area contributed by atoms with Gasteiger partial charge in [0.25, 0.3) is 0 Å². The predicted octanol–water partition coefficient (Wildman–Crippen LogP) is -7.86. The van der Waals surface area contributed by atoms with Crippen LogP contribution in [0.4, 0.5) is 0 Å². The van der Waals surface area contributed by atoms with E-state index in [-0.39, 0.29) is 29.6 Å². The molecule has 0 aromatic rings. The summed E-state index contributed by atoms with van der Waals surface area (Å²) in [4.78, 5) is 30.3. The molecule has 1 atom stereocenters. The van der Waals surface area contributed by atoms with Crippen LogP contribution in [0.2, 0.25) is 0 Å². The van der Waals surface area contributed by atoms with Crippen molar-refractivity contribution in [3.8, 4) is 0 Å². The predicted molar refractivity (Wildman–Crippen MR) is 33.8 cm³/mol. The van der Waals surface area contributed by atoms with Crippen LogP contribution in [0.1, 0.15) is 19.3 Å². The topological polar surface area (TPSA) is 141 Å². The minimum absolute atomic E-state index is 0. The standard InChI is InChI=1S/C7H10O7.Na/c8-4(9)1-2-7(14,6(12)13)3-5(10)11;/h14H,1-3H2,(H,8,9)(H,10,11)(H,12,13);/q;+1/p-3. The van der Waals surface area contributed by atoms with Crippen LogP contribution >= 0.6 is 0 Å². The van der Waals surface area contributed by atoms with Crippen LogP contribution in [0.5, 0.6) is 0 Å². The number of carboxylic acids is 3. The van der Waals surface area contributed by atoms with Gasteiger partial charge in [0.05, 0.1) is 5.97 Å². The fourth-order valence-electron chi connectivity index (χ4n) is 0.810. The van der Waals surface area contributed by atoms with E-state index in [0.29, 0.717) is 0 Å². The molecule has 15 heavy (non-hydrogen) atoms.